The Kier molecular flexibility index (Phi) is 2.93. The quantitative estimate of drug-likeness (QED) is 0.739. The van der Waals surface area contributed by atoms with Gasteiger partial charge in [-0.15, -0.1) is 0 Å². The average molecular weight is 291 g/mol. The molecule has 2 aromatic heterocycles. The summed E-state index contributed by atoms with van der Waals surface area (Å²) < 4.78 is 1.94. The lowest BCUT2D eigenvalue weighted by Gasteiger charge is -2.07. The van der Waals surface area contributed by atoms with Gasteiger partial charge in [0.1, 0.15) is 5.82 Å². The molecule has 1 amide bonds. The normalized spacial score (nSPS) is 13.9. The molecule has 0 fully saturated rings. The van der Waals surface area contributed by atoms with Gasteiger partial charge in [0.2, 0.25) is 5.62 Å². The molecule has 0 atom stereocenters. The van der Waals surface area contributed by atoms with Crippen LogP contribution in [0.2, 0.25) is 0 Å². The van der Waals surface area contributed by atoms with Gasteiger partial charge in [-0.1, -0.05) is 12.1 Å². The van der Waals surface area contributed by atoms with Crippen LogP contribution in [-0.2, 0) is 6.54 Å². The van der Waals surface area contributed by atoms with Gasteiger partial charge in [-0.2, -0.15) is 4.99 Å². The van der Waals surface area contributed by atoms with E-state index in [1.54, 1.807) is 18.3 Å². The lowest BCUT2D eigenvalue weighted by molar-refractivity contribution is 0.0996. The van der Waals surface area contributed by atoms with Crippen molar-refractivity contribution in [1.29, 1.82) is 0 Å². The molecule has 22 heavy (non-hydrogen) atoms. The van der Waals surface area contributed by atoms with Crippen molar-refractivity contribution >= 4 is 22.6 Å². The summed E-state index contributed by atoms with van der Waals surface area (Å²) in [6.07, 6.45) is 3.14. The molecule has 108 valence electrons. The monoisotopic (exact) mass is 291 g/mol. The second kappa shape index (κ2) is 5.07. The molecule has 0 spiro atoms. The Hall–Kier alpha value is -3.02. The molecule has 1 aliphatic rings. The van der Waals surface area contributed by atoms with E-state index in [1.165, 1.54) is 6.20 Å². The number of pyridine rings is 1. The Morgan fingerprint density at radius 2 is 2.14 bits per heavy atom. The first-order valence-corrected chi connectivity index (χ1v) is 7.05. The third-order valence-electron chi connectivity index (χ3n) is 3.63. The van der Waals surface area contributed by atoms with Gasteiger partial charge in [0.25, 0.3) is 5.91 Å². The maximum Gasteiger partial charge on any atom is 0.281 e. The number of amides is 1. The van der Waals surface area contributed by atoms with Gasteiger partial charge < -0.3 is 5.32 Å². The minimum atomic E-state index is -0.336. The average Bonchev–Trinajstić information content (AvgIpc) is 3.06. The summed E-state index contributed by atoms with van der Waals surface area (Å²) in [6.45, 7) is 1.55. The van der Waals surface area contributed by atoms with Gasteiger partial charge in [0.05, 0.1) is 11.1 Å². The number of benzene rings is 1. The number of carbonyl (C=O) groups is 1. The molecule has 0 saturated heterocycles. The predicted molar refractivity (Wildman–Crippen MR) is 82.4 cm³/mol. The number of aromatic nitrogens is 3. The van der Waals surface area contributed by atoms with E-state index >= 15 is 0 Å². The summed E-state index contributed by atoms with van der Waals surface area (Å²) in [5, 5.41) is 4.37. The SMILES string of the molecule is O=C(N=c1nc2ccccc2c2n1CCN2)c1cccnc1. The number of nitrogens with one attached hydrogen (secondary N) is 1. The number of hydrogen-bond acceptors (Lipinski definition) is 4. The summed E-state index contributed by atoms with van der Waals surface area (Å²) in [6, 6.07) is 11.2. The topological polar surface area (TPSA) is 72.2 Å². The molecule has 1 aromatic carbocycles. The molecule has 0 aliphatic carbocycles. The number of para-hydroxylation sites is 1. The highest BCUT2D eigenvalue weighted by Crippen LogP contribution is 2.22. The minimum absolute atomic E-state index is 0.336. The van der Waals surface area contributed by atoms with Crippen LogP contribution in [-0.4, -0.2) is 27.0 Å². The minimum Gasteiger partial charge on any atom is -0.369 e. The van der Waals surface area contributed by atoms with Crippen molar-refractivity contribution in [3.8, 4) is 0 Å². The van der Waals surface area contributed by atoms with E-state index in [-0.39, 0.29) is 5.91 Å². The van der Waals surface area contributed by atoms with Crippen LogP contribution in [0.4, 0.5) is 5.82 Å². The van der Waals surface area contributed by atoms with Crippen molar-refractivity contribution in [3.05, 3.63) is 60.0 Å². The van der Waals surface area contributed by atoms with Crippen molar-refractivity contribution in [2.75, 3.05) is 11.9 Å². The molecule has 4 rings (SSSR count). The molecular formula is C16H13N5O. The van der Waals surface area contributed by atoms with Crippen LogP contribution in [0.25, 0.3) is 10.9 Å². The number of hydrogen-bond donors (Lipinski definition) is 1. The second-order valence-corrected chi connectivity index (χ2v) is 5.01. The smallest absolute Gasteiger partial charge is 0.281 e. The number of rotatable bonds is 1. The summed E-state index contributed by atoms with van der Waals surface area (Å²) in [7, 11) is 0. The van der Waals surface area contributed by atoms with Gasteiger partial charge >= 0.3 is 0 Å². The van der Waals surface area contributed by atoms with E-state index < -0.39 is 0 Å². The van der Waals surface area contributed by atoms with E-state index in [0.717, 1.165) is 29.8 Å². The fourth-order valence-electron chi connectivity index (χ4n) is 2.60. The highest BCUT2D eigenvalue weighted by Gasteiger charge is 2.15. The fraction of sp³-hybridized carbons (Fsp3) is 0.125. The predicted octanol–water partition coefficient (Wildman–Crippen LogP) is 1.60. The van der Waals surface area contributed by atoms with Crippen LogP contribution in [0, 0.1) is 0 Å². The van der Waals surface area contributed by atoms with E-state index in [4.69, 9.17) is 0 Å². The standard InChI is InChI=1S/C16H13N5O/c22-15(11-4-3-7-17-10-11)20-16-19-13-6-2-1-5-12(13)14-18-8-9-21(14)16/h1-7,10,18H,8-9H2. The van der Waals surface area contributed by atoms with Gasteiger partial charge in [-0.3, -0.25) is 14.3 Å². The second-order valence-electron chi connectivity index (χ2n) is 5.01. The Labute approximate surface area is 126 Å². The van der Waals surface area contributed by atoms with E-state index in [9.17, 15) is 4.79 Å². The third-order valence-corrected chi connectivity index (χ3v) is 3.63. The molecule has 3 aromatic rings. The van der Waals surface area contributed by atoms with Crippen molar-refractivity contribution < 1.29 is 4.79 Å². The van der Waals surface area contributed by atoms with Crippen LogP contribution in [0.1, 0.15) is 10.4 Å². The maximum atomic E-state index is 12.3. The molecule has 3 heterocycles. The summed E-state index contributed by atoms with van der Waals surface area (Å²) in [5.74, 6) is 0.626. The van der Waals surface area contributed by atoms with Crippen LogP contribution >= 0.6 is 0 Å². The third kappa shape index (κ3) is 2.05. The molecule has 0 bridgehead atoms. The summed E-state index contributed by atoms with van der Waals surface area (Å²) in [5.41, 5.74) is 1.70. The molecule has 0 unspecified atom stereocenters. The van der Waals surface area contributed by atoms with Crippen LogP contribution in [0.5, 0.6) is 0 Å². The fourth-order valence-corrected chi connectivity index (χ4v) is 2.60. The van der Waals surface area contributed by atoms with Crippen LogP contribution < -0.4 is 10.9 Å². The van der Waals surface area contributed by atoms with Crippen LogP contribution in [0.3, 0.4) is 0 Å². The number of anilines is 1. The first kappa shape index (κ1) is 12.7. The van der Waals surface area contributed by atoms with Crippen molar-refractivity contribution in [2.45, 2.75) is 6.54 Å². The molecule has 6 nitrogen and oxygen atoms in total. The molecule has 0 saturated carbocycles. The van der Waals surface area contributed by atoms with Crippen molar-refractivity contribution in [2.24, 2.45) is 4.99 Å². The lowest BCUT2D eigenvalue weighted by atomic mass is 10.2. The zero-order valence-corrected chi connectivity index (χ0v) is 11.7. The molecule has 0 radical (unpaired) electrons. The Balaban J connectivity index is 1.92. The number of fused-ring (bicyclic) bond motifs is 3. The van der Waals surface area contributed by atoms with Gasteiger partial charge in [-0.05, 0) is 24.3 Å². The van der Waals surface area contributed by atoms with Gasteiger partial charge in [0.15, 0.2) is 0 Å². The Bertz CT molecular complexity index is 930. The molecule has 6 heteroatoms. The first-order chi connectivity index (χ1) is 10.8. The van der Waals surface area contributed by atoms with Crippen molar-refractivity contribution in [3.63, 3.8) is 0 Å². The van der Waals surface area contributed by atoms with Crippen LogP contribution in [0.15, 0.2) is 53.8 Å². The Morgan fingerprint density at radius 1 is 1.23 bits per heavy atom. The first-order valence-electron chi connectivity index (χ1n) is 7.05. The Morgan fingerprint density at radius 3 is 3.00 bits per heavy atom. The van der Waals surface area contributed by atoms with E-state index in [0.29, 0.717) is 11.2 Å². The largest absolute Gasteiger partial charge is 0.369 e. The van der Waals surface area contributed by atoms with E-state index in [2.05, 4.69) is 20.3 Å². The number of carbonyl (C=O) groups excluding carboxylic acids is 1. The lowest BCUT2D eigenvalue weighted by Crippen LogP contribution is -2.24. The van der Waals surface area contributed by atoms with Crippen molar-refractivity contribution in [1.82, 2.24) is 14.5 Å². The summed E-state index contributed by atoms with van der Waals surface area (Å²) >= 11 is 0. The highest BCUT2D eigenvalue weighted by molar-refractivity contribution is 5.95. The molecule has 1 aliphatic heterocycles. The maximum absolute atomic E-state index is 12.3. The van der Waals surface area contributed by atoms with Gasteiger partial charge in [-0.25, -0.2) is 4.98 Å². The molecule has 1 N–H and O–H groups in total. The van der Waals surface area contributed by atoms with E-state index in [1.807, 2.05) is 28.8 Å². The zero-order chi connectivity index (χ0) is 14.9. The van der Waals surface area contributed by atoms with Gasteiger partial charge in [0, 0.05) is 30.9 Å². The molecular weight excluding hydrogens is 278 g/mol. The summed E-state index contributed by atoms with van der Waals surface area (Å²) in [4.78, 5) is 24.9. The highest BCUT2D eigenvalue weighted by atomic mass is 16.1. The zero-order valence-electron chi connectivity index (χ0n) is 11.7. The number of nitrogens with zero attached hydrogens (tertiary/aromatic N) is 4.